The Morgan fingerprint density at radius 2 is 2.22 bits per heavy atom. The van der Waals surface area contributed by atoms with E-state index in [2.05, 4.69) is 33.1 Å². The molecular weight excluding hydrogens is 288 g/mol. The van der Waals surface area contributed by atoms with Crippen LogP contribution in [0.15, 0.2) is 42.7 Å². The van der Waals surface area contributed by atoms with Crippen LogP contribution in [0.3, 0.4) is 0 Å². The highest BCUT2D eigenvalue weighted by Gasteiger charge is 2.28. The number of hydrogen-bond acceptors (Lipinski definition) is 4. The average molecular weight is 308 g/mol. The van der Waals surface area contributed by atoms with Crippen LogP contribution in [0.5, 0.6) is 5.75 Å². The van der Waals surface area contributed by atoms with Gasteiger partial charge in [0, 0.05) is 12.7 Å². The van der Waals surface area contributed by atoms with Crippen molar-refractivity contribution >= 4 is 11.0 Å². The van der Waals surface area contributed by atoms with Crippen LogP contribution in [0, 0.1) is 0 Å². The number of fused-ring (bicyclic) bond motifs is 1. The van der Waals surface area contributed by atoms with E-state index in [1.807, 2.05) is 18.3 Å². The number of benzene rings is 1. The fraction of sp³-hybridized carbons (Fsp3) is 0.333. The second-order valence-electron chi connectivity index (χ2n) is 6.00. The van der Waals surface area contributed by atoms with E-state index in [1.54, 1.807) is 13.3 Å². The van der Waals surface area contributed by atoms with Gasteiger partial charge in [0.1, 0.15) is 11.6 Å². The predicted octanol–water partition coefficient (Wildman–Crippen LogP) is 3.30. The van der Waals surface area contributed by atoms with Crippen molar-refractivity contribution in [2.24, 2.45) is 0 Å². The molecule has 3 aromatic rings. The van der Waals surface area contributed by atoms with Gasteiger partial charge in [0.25, 0.3) is 0 Å². The summed E-state index contributed by atoms with van der Waals surface area (Å²) < 4.78 is 5.27. The SMILES string of the molecule is COc1cncc(CN2CCCC2c2nc3ccccc3[nH]2)c1. The number of aromatic amines is 1. The molecule has 0 bridgehead atoms. The van der Waals surface area contributed by atoms with Crippen LogP contribution >= 0.6 is 0 Å². The second kappa shape index (κ2) is 6.01. The number of H-pyrrole nitrogens is 1. The molecule has 1 aliphatic rings. The molecule has 1 unspecified atom stereocenters. The Labute approximate surface area is 135 Å². The van der Waals surface area contributed by atoms with Crippen molar-refractivity contribution in [2.45, 2.75) is 25.4 Å². The van der Waals surface area contributed by atoms with Gasteiger partial charge in [0.05, 0.1) is 30.4 Å². The van der Waals surface area contributed by atoms with E-state index >= 15 is 0 Å². The molecule has 1 fully saturated rings. The summed E-state index contributed by atoms with van der Waals surface area (Å²) in [6, 6.07) is 10.6. The Kier molecular flexibility index (Phi) is 3.71. The molecule has 5 heteroatoms. The fourth-order valence-corrected chi connectivity index (χ4v) is 3.35. The van der Waals surface area contributed by atoms with E-state index in [0.29, 0.717) is 6.04 Å². The molecule has 4 rings (SSSR count). The third-order valence-corrected chi connectivity index (χ3v) is 4.48. The maximum Gasteiger partial charge on any atom is 0.137 e. The topological polar surface area (TPSA) is 54.0 Å². The zero-order valence-corrected chi connectivity index (χ0v) is 13.2. The van der Waals surface area contributed by atoms with Crippen molar-refractivity contribution in [3.63, 3.8) is 0 Å². The third-order valence-electron chi connectivity index (χ3n) is 4.48. The smallest absolute Gasteiger partial charge is 0.137 e. The van der Waals surface area contributed by atoms with Gasteiger partial charge in [0.15, 0.2) is 0 Å². The lowest BCUT2D eigenvalue weighted by Crippen LogP contribution is -2.23. The first-order valence-corrected chi connectivity index (χ1v) is 8.00. The van der Waals surface area contributed by atoms with Crippen molar-refractivity contribution in [1.29, 1.82) is 0 Å². The number of nitrogens with zero attached hydrogens (tertiary/aromatic N) is 3. The summed E-state index contributed by atoms with van der Waals surface area (Å²) in [5.74, 6) is 1.88. The van der Waals surface area contributed by atoms with E-state index < -0.39 is 0 Å². The number of hydrogen-bond donors (Lipinski definition) is 1. The summed E-state index contributed by atoms with van der Waals surface area (Å²) in [5, 5.41) is 0. The average Bonchev–Trinajstić information content (AvgIpc) is 3.21. The van der Waals surface area contributed by atoms with Gasteiger partial charge < -0.3 is 9.72 Å². The normalized spacial score (nSPS) is 18.6. The Bertz CT molecular complexity index is 780. The van der Waals surface area contributed by atoms with E-state index in [0.717, 1.165) is 42.1 Å². The highest BCUT2D eigenvalue weighted by Crippen LogP contribution is 2.32. The number of rotatable bonds is 4. The van der Waals surface area contributed by atoms with Gasteiger partial charge >= 0.3 is 0 Å². The lowest BCUT2D eigenvalue weighted by atomic mass is 10.2. The monoisotopic (exact) mass is 308 g/mol. The molecule has 1 aliphatic heterocycles. The van der Waals surface area contributed by atoms with E-state index in [9.17, 15) is 0 Å². The molecule has 1 atom stereocenters. The molecule has 0 radical (unpaired) electrons. The number of nitrogens with one attached hydrogen (secondary N) is 1. The molecule has 0 aliphatic carbocycles. The van der Waals surface area contributed by atoms with Crippen molar-refractivity contribution < 1.29 is 4.74 Å². The molecule has 23 heavy (non-hydrogen) atoms. The van der Waals surface area contributed by atoms with Crippen LogP contribution < -0.4 is 4.74 Å². The molecule has 1 aromatic carbocycles. The van der Waals surface area contributed by atoms with Crippen molar-refractivity contribution in [2.75, 3.05) is 13.7 Å². The van der Waals surface area contributed by atoms with Crippen LogP contribution in [-0.2, 0) is 6.54 Å². The fourth-order valence-electron chi connectivity index (χ4n) is 3.35. The number of ether oxygens (including phenoxy) is 1. The zero-order valence-electron chi connectivity index (χ0n) is 13.2. The number of aromatic nitrogens is 3. The molecule has 3 heterocycles. The Hall–Kier alpha value is -2.40. The molecular formula is C18H20N4O. The maximum atomic E-state index is 5.27. The number of likely N-dealkylation sites (tertiary alicyclic amines) is 1. The lowest BCUT2D eigenvalue weighted by Gasteiger charge is -2.22. The first-order chi connectivity index (χ1) is 11.3. The summed E-state index contributed by atoms with van der Waals surface area (Å²) in [4.78, 5) is 15.0. The second-order valence-corrected chi connectivity index (χ2v) is 6.00. The molecule has 5 nitrogen and oxygen atoms in total. The van der Waals surface area contributed by atoms with Crippen LogP contribution in [0.1, 0.15) is 30.3 Å². The standard InChI is InChI=1S/C18H20N4O/c1-23-14-9-13(10-19-11-14)12-22-8-4-7-17(22)18-20-15-5-2-3-6-16(15)21-18/h2-3,5-6,9-11,17H,4,7-8,12H2,1H3,(H,20,21). The third kappa shape index (κ3) is 2.80. The van der Waals surface area contributed by atoms with Crippen LogP contribution in [0.2, 0.25) is 0 Å². The van der Waals surface area contributed by atoms with Gasteiger partial charge in [-0.1, -0.05) is 12.1 Å². The summed E-state index contributed by atoms with van der Waals surface area (Å²) in [7, 11) is 1.67. The molecule has 1 saturated heterocycles. The quantitative estimate of drug-likeness (QED) is 0.803. The highest BCUT2D eigenvalue weighted by molar-refractivity contribution is 5.74. The van der Waals surface area contributed by atoms with Crippen LogP contribution in [0.25, 0.3) is 11.0 Å². The molecule has 0 amide bonds. The van der Waals surface area contributed by atoms with Gasteiger partial charge in [0.2, 0.25) is 0 Å². The summed E-state index contributed by atoms with van der Waals surface area (Å²) in [6.07, 6.45) is 5.98. The number of pyridine rings is 1. The molecule has 0 spiro atoms. The minimum atomic E-state index is 0.341. The number of methoxy groups -OCH3 is 1. The van der Waals surface area contributed by atoms with Crippen LogP contribution in [0.4, 0.5) is 0 Å². The summed E-state index contributed by atoms with van der Waals surface area (Å²) in [5.41, 5.74) is 3.32. The summed E-state index contributed by atoms with van der Waals surface area (Å²) in [6.45, 7) is 1.95. The molecule has 2 aromatic heterocycles. The van der Waals surface area contributed by atoms with Crippen molar-refractivity contribution in [3.8, 4) is 5.75 Å². The van der Waals surface area contributed by atoms with Gasteiger partial charge in [-0.15, -0.1) is 0 Å². The van der Waals surface area contributed by atoms with Gasteiger partial charge in [-0.25, -0.2) is 4.98 Å². The van der Waals surface area contributed by atoms with E-state index in [-0.39, 0.29) is 0 Å². The largest absolute Gasteiger partial charge is 0.495 e. The Morgan fingerprint density at radius 3 is 3.09 bits per heavy atom. The van der Waals surface area contributed by atoms with Crippen molar-refractivity contribution in [1.82, 2.24) is 19.9 Å². The molecule has 0 saturated carbocycles. The minimum absolute atomic E-state index is 0.341. The first-order valence-electron chi connectivity index (χ1n) is 8.00. The Morgan fingerprint density at radius 1 is 1.30 bits per heavy atom. The van der Waals surface area contributed by atoms with Gasteiger partial charge in [-0.2, -0.15) is 0 Å². The van der Waals surface area contributed by atoms with Crippen molar-refractivity contribution in [3.05, 3.63) is 54.1 Å². The lowest BCUT2D eigenvalue weighted by molar-refractivity contribution is 0.240. The minimum Gasteiger partial charge on any atom is -0.495 e. The van der Waals surface area contributed by atoms with E-state index in [1.165, 1.54) is 12.0 Å². The van der Waals surface area contributed by atoms with E-state index in [4.69, 9.17) is 9.72 Å². The summed E-state index contributed by atoms with van der Waals surface area (Å²) >= 11 is 0. The molecule has 118 valence electrons. The van der Waals surface area contributed by atoms with Gasteiger partial charge in [-0.3, -0.25) is 9.88 Å². The maximum absolute atomic E-state index is 5.27. The predicted molar refractivity (Wildman–Crippen MR) is 89.3 cm³/mol. The molecule has 1 N–H and O–H groups in total. The number of imidazole rings is 1. The Balaban J connectivity index is 1.58. The first kappa shape index (κ1) is 14.2. The number of para-hydroxylation sites is 2. The van der Waals surface area contributed by atoms with Crippen LogP contribution in [-0.4, -0.2) is 33.5 Å². The zero-order chi connectivity index (χ0) is 15.6. The highest BCUT2D eigenvalue weighted by atomic mass is 16.5. The van der Waals surface area contributed by atoms with Gasteiger partial charge in [-0.05, 0) is 43.1 Å².